The van der Waals surface area contributed by atoms with E-state index in [1.807, 2.05) is 0 Å². The van der Waals surface area contributed by atoms with E-state index in [2.05, 4.69) is 147 Å². The molecule has 0 fully saturated rings. The zero-order valence-electron chi connectivity index (χ0n) is 22.2. The van der Waals surface area contributed by atoms with Gasteiger partial charge in [-0.1, -0.05) is 129 Å². The maximum Gasteiger partial charge on any atom is 0.0158 e. The third-order valence-corrected chi connectivity index (χ3v) is 8.84. The second-order valence-corrected chi connectivity index (χ2v) is 11.3. The van der Waals surface area contributed by atoms with Crippen LogP contribution in [0.25, 0.3) is 65.7 Å². The summed E-state index contributed by atoms with van der Waals surface area (Å²) in [5.41, 5.74) is 10.6. The van der Waals surface area contributed by atoms with Crippen molar-refractivity contribution >= 4 is 32.3 Å². The molecular weight excluding hydrogens is 468 g/mol. The van der Waals surface area contributed by atoms with Crippen molar-refractivity contribution in [3.63, 3.8) is 0 Å². The molecule has 8 rings (SSSR count). The van der Waals surface area contributed by atoms with Gasteiger partial charge in [0.1, 0.15) is 0 Å². The SMILES string of the molecule is CC1(C)c2ccccc2-c2cc(-c3cc(-c4ccccc4)c4c5ccccc5c5ccccc5c4c3)ccc21. The highest BCUT2D eigenvalue weighted by molar-refractivity contribution is 6.29. The van der Waals surface area contributed by atoms with Gasteiger partial charge in [0, 0.05) is 5.41 Å². The van der Waals surface area contributed by atoms with Crippen LogP contribution in [0.1, 0.15) is 25.0 Å². The molecule has 0 aliphatic heterocycles. The zero-order valence-corrected chi connectivity index (χ0v) is 22.2. The molecule has 0 unspecified atom stereocenters. The Hall–Kier alpha value is -4.68. The maximum atomic E-state index is 2.42. The Balaban J connectivity index is 1.48. The van der Waals surface area contributed by atoms with E-state index < -0.39 is 0 Å². The Morgan fingerprint density at radius 1 is 0.359 bits per heavy atom. The Labute approximate surface area is 229 Å². The highest BCUT2D eigenvalue weighted by atomic mass is 14.4. The van der Waals surface area contributed by atoms with Gasteiger partial charge < -0.3 is 0 Å². The van der Waals surface area contributed by atoms with Gasteiger partial charge in [-0.25, -0.2) is 0 Å². The van der Waals surface area contributed by atoms with Gasteiger partial charge in [0.05, 0.1) is 0 Å². The molecular formula is C39H28. The van der Waals surface area contributed by atoms with Crippen LogP contribution in [0, 0.1) is 0 Å². The van der Waals surface area contributed by atoms with E-state index >= 15 is 0 Å². The minimum absolute atomic E-state index is 0.0121. The minimum atomic E-state index is 0.0121. The first kappa shape index (κ1) is 22.3. The van der Waals surface area contributed by atoms with Gasteiger partial charge in [0.15, 0.2) is 0 Å². The van der Waals surface area contributed by atoms with E-state index in [1.54, 1.807) is 0 Å². The lowest BCUT2D eigenvalue weighted by molar-refractivity contribution is 0.660. The van der Waals surface area contributed by atoms with Crippen LogP contribution in [0.15, 0.2) is 133 Å². The van der Waals surface area contributed by atoms with Crippen molar-refractivity contribution in [3.8, 4) is 33.4 Å². The normalized spacial score (nSPS) is 13.6. The summed E-state index contributed by atoms with van der Waals surface area (Å²) in [6.07, 6.45) is 0. The third-order valence-electron chi connectivity index (χ3n) is 8.84. The number of rotatable bonds is 2. The van der Waals surface area contributed by atoms with Crippen molar-refractivity contribution in [1.82, 2.24) is 0 Å². The molecule has 0 atom stereocenters. The largest absolute Gasteiger partial charge is 0.0622 e. The number of fused-ring (bicyclic) bond motifs is 9. The van der Waals surface area contributed by atoms with Crippen LogP contribution >= 0.6 is 0 Å². The van der Waals surface area contributed by atoms with Crippen LogP contribution in [0.2, 0.25) is 0 Å². The monoisotopic (exact) mass is 496 g/mol. The molecule has 7 aromatic rings. The molecule has 184 valence electrons. The lowest BCUT2D eigenvalue weighted by atomic mass is 9.82. The van der Waals surface area contributed by atoms with E-state index in [0.717, 1.165) is 0 Å². The molecule has 1 aliphatic carbocycles. The molecule has 0 nitrogen and oxygen atoms in total. The standard InChI is InChI=1S/C39H28/c1-39(2)36-19-11-10-17-31(36)34-22-26(20-21-37(34)39)27-23-33(25-12-4-3-5-13-25)38-32-18-9-8-15-29(32)28-14-6-7-16-30(28)35(38)24-27/h3-24H,1-2H3. The molecule has 0 heteroatoms. The van der Waals surface area contributed by atoms with Gasteiger partial charge in [0.2, 0.25) is 0 Å². The van der Waals surface area contributed by atoms with Gasteiger partial charge in [-0.3, -0.25) is 0 Å². The number of hydrogen-bond donors (Lipinski definition) is 0. The summed E-state index contributed by atoms with van der Waals surface area (Å²) in [5.74, 6) is 0. The zero-order chi connectivity index (χ0) is 26.1. The van der Waals surface area contributed by atoms with Crippen molar-refractivity contribution in [2.45, 2.75) is 19.3 Å². The lowest BCUT2D eigenvalue weighted by Gasteiger charge is -2.21. The van der Waals surface area contributed by atoms with Crippen LogP contribution in [0.5, 0.6) is 0 Å². The third kappa shape index (κ3) is 3.18. The van der Waals surface area contributed by atoms with Gasteiger partial charge in [-0.05, 0) is 95.0 Å². The average Bonchev–Trinajstić information content (AvgIpc) is 3.23. The van der Waals surface area contributed by atoms with Crippen LogP contribution in [-0.4, -0.2) is 0 Å². The summed E-state index contributed by atoms with van der Waals surface area (Å²) in [7, 11) is 0. The van der Waals surface area contributed by atoms with Crippen molar-refractivity contribution < 1.29 is 0 Å². The molecule has 0 bridgehead atoms. The molecule has 0 heterocycles. The van der Waals surface area contributed by atoms with E-state index in [-0.39, 0.29) is 5.41 Å². The summed E-state index contributed by atoms with van der Waals surface area (Å²) in [6.45, 7) is 4.69. The lowest BCUT2D eigenvalue weighted by Crippen LogP contribution is -2.14. The molecule has 1 aliphatic rings. The highest BCUT2D eigenvalue weighted by Crippen LogP contribution is 2.50. The van der Waals surface area contributed by atoms with Gasteiger partial charge in [-0.15, -0.1) is 0 Å². The molecule has 0 saturated heterocycles. The van der Waals surface area contributed by atoms with Crippen molar-refractivity contribution in [2.75, 3.05) is 0 Å². The Morgan fingerprint density at radius 2 is 0.923 bits per heavy atom. The van der Waals surface area contributed by atoms with Gasteiger partial charge >= 0.3 is 0 Å². The first-order chi connectivity index (χ1) is 19.1. The fraction of sp³-hybridized carbons (Fsp3) is 0.0769. The van der Waals surface area contributed by atoms with E-state index in [1.165, 1.54) is 76.8 Å². The van der Waals surface area contributed by atoms with Crippen LogP contribution < -0.4 is 0 Å². The topological polar surface area (TPSA) is 0 Å². The first-order valence-electron chi connectivity index (χ1n) is 13.8. The molecule has 0 amide bonds. The predicted molar refractivity (Wildman–Crippen MR) is 167 cm³/mol. The summed E-state index contributed by atoms with van der Waals surface area (Å²) < 4.78 is 0. The van der Waals surface area contributed by atoms with Crippen LogP contribution in [-0.2, 0) is 5.41 Å². The molecule has 0 N–H and O–H groups in total. The fourth-order valence-electron chi connectivity index (χ4n) is 6.95. The minimum Gasteiger partial charge on any atom is -0.0622 e. The molecule has 39 heavy (non-hydrogen) atoms. The van der Waals surface area contributed by atoms with Crippen molar-refractivity contribution in [2.24, 2.45) is 0 Å². The molecule has 0 spiro atoms. The second kappa shape index (κ2) is 8.16. The summed E-state index contributed by atoms with van der Waals surface area (Å²) in [5, 5.41) is 7.86. The molecule has 0 radical (unpaired) electrons. The molecule has 7 aromatic carbocycles. The first-order valence-corrected chi connectivity index (χ1v) is 13.8. The second-order valence-electron chi connectivity index (χ2n) is 11.3. The van der Waals surface area contributed by atoms with Crippen molar-refractivity contribution in [1.29, 1.82) is 0 Å². The summed E-state index contributed by atoms with van der Waals surface area (Å²) in [6, 6.07) is 49.4. The summed E-state index contributed by atoms with van der Waals surface area (Å²) in [4.78, 5) is 0. The average molecular weight is 497 g/mol. The fourth-order valence-corrected chi connectivity index (χ4v) is 6.95. The Bertz CT molecular complexity index is 2080. The van der Waals surface area contributed by atoms with E-state index in [4.69, 9.17) is 0 Å². The summed E-state index contributed by atoms with van der Waals surface area (Å²) >= 11 is 0. The van der Waals surface area contributed by atoms with Crippen LogP contribution in [0.3, 0.4) is 0 Å². The number of benzene rings is 7. The Morgan fingerprint density at radius 3 is 1.69 bits per heavy atom. The maximum absolute atomic E-state index is 2.42. The molecule has 0 aromatic heterocycles. The van der Waals surface area contributed by atoms with E-state index in [0.29, 0.717) is 0 Å². The van der Waals surface area contributed by atoms with Gasteiger partial charge in [-0.2, -0.15) is 0 Å². The Kier molecular flexibility index (Phi) is 4.67. The quantitative estimate of drug-likeness (QED) is 0.209. The van der Waals surface area contributed by atoms with E-state index in [9.17, 15) is 0 Å². The van der Waals surface area contributed by atoms with Crippen molar-refractivity contribution in [3.05, 3.63) is 145 Å². The highest BCUT2D eigenvalue weighted by Gasteiger charge is 2.35. The van der Waals surface area contributed by atoms with Crippen LogP contribution in [0.4, 0.5) is 0 Å². The number of hydrogen-bond acceptors (Lipinski definition) is 0. The smallest absolute Gasteiger partial charge is 0.0158 e. The van der Waals surface area contributed by atoms with Gasteiger partial charge in [0.25, 0.3) is 0 Å². The molecule has 0 saturated carbocycles. The predicted octanol–water partition coefficient (Wildman–Crippen LogP) is 10.8.